The molecule has 3 aliphatic carbocycles. The van der Waals surface area contributed by atoms with Gasteiger partial charge in [0, 0.05) is 5.92 Å². The van der Waals surface area contributed by atoms with Gasteiger partial charge in [0.05, 0.1) is 0 Å². The normalized spacial score (nSPS) is 19.5. The Morgan fingerprint density at radius 3 is 1.57 bits per heavy atom. The minimum absolute atomic E-state index is 0.0439. The van der Waals surface area contributed by atoms with Crippen molar-refractivity contribution >= 4 is 11.9 Å². The van der Waals surface area contributed by atoms with Gasteiger partial charge in [0.2, 0.25) is 0 Å². The van der Waals surface area contributed by atoms with E-state index in [9.17, 15) is 9.59 Å². The van der Waals surface area contributed by atoms with Crippen molar-refractivity contribution in [3.05, 3.63) is 59.7 Å². The largest absolute Gasteiger partial charge is 0.462 e. The van der Waals surface area contributed by atoms with E-state index in [-0.39, 0.29) is 36.0 Å². The van der Waals surface area contributed by atoms with Crippen LogP contribution in [0, 0.1) is 17.8 Å². The summed E-state index contributed by atoms with van der Waals surface area (Å²) >= 11 is 0. The Hall–Kier alpha value is -2.62. The number of carbonyl (C=O) groups excluding carboxylic acids is 2. The van der Waals surface area contributed by atoms with Crippen LogP contribution in [-0.4, -0.2) is 24.1 Å². The molecule has 0 aromatic heterocycles. The van der Waals surface area contributed by atoms with E-state index in [1.807, 2.05) is 0 Å². The van der Waals surface area contributed by atoms with Crippen LogP contribution in [0.2, 0.25) is 0 Å². The molecule has 0 saturated heterocycles. The van der Waals surface area contributed by atoms with Gasteiger partial charge in [0.1, 0.15) is 12.2 Å². The van der Waals surface area contributed by atoms with Gasteiger partial charge >= 0.3 is 11.9 Å². The molecule has 37 heavy (non-hydrogen) atoms. The number of hydrogen-bond acceptors (Lipinski definition) is 4. The average molecular weight is 503 g/mol. The Morgan fingerprint density at radius 1 is 0.703 bits per heavy atom. The smallest absolute Gasteiger partial charge is 0.320 e. The molecular formula is C33H42O4. The third-order valence-corrected chi connectivity index (χ3v) is 8.66. The number of benzene rings is 2. The maximum absolute atomic E-state index is 14.0. The van der Waals surface area contributed by atoms with Crippen molar-refractivity contribution in [2.24, 2.45) is 17.8 Å². The summed E-state index contributed by atoms with van der Waals surface area (Å²) < 4.78 is 12.2. The number of fused-ring (bicyclic) bond motifs is 3. The highest BCUT2D eigenvalue weighted by Gasteiger charge is 2.47. The van der Waals surface area contributed by atoms with Crippen LogP contribution in [0.25, 0.3) is 11.1 Å². The second-order valence-corrected chi connectivity index (χ2v) is 11.8. The molecule has 2 fully saturated rings. The fourth-order valence-corrected chi connectivity index (χ4v) is 6.95. The Kier molecular flexibility index (Phi) is 8.32. The molecule has 3 aliphatic rings. The maximum atomic E-state index is 14.0. The molecule has 198 valence electrons. The number of rotatable bonds is 8. The maximum Gasteiger partial charge on any atom is 0.320 e. The van der Waals surface area contributed by atoms with E-state index in [0.717, 1.165) is 57.8 Å². The van der Waals surface area contributed by atoms with Crippen molar-refractivity contribution in [3.8, 4) is 11.1 Å². The predicted molar refractivity (Wildman–Crippen MR) is 146 cm³/mol. The summed E-state index contributed by atoms with van der Waals surface area (Å²) in [5.41, 5.74) is 4.82. The Balaban J connectivity index is 1.53. The number of esters is 2. The van der Waals surface area contributed by atoms with Crippen molar-refractivity contribution < 1.29 is 19.1 Å². The van der Waals surface area contributed by atoms with Crippen LogP contribution in [0.1, 0.15) is 102 Å². The van der Waals surface area contributed by atoms with E-state index in [0.29, 0.717) is 5.92 Å². The molecule has 4 nitrogen and oxygen atoms in total. The second kappa shape index (κ2) is 11.8. The lowest BCUT2D eigenvalue weighted by atomic mass is 9.72. The van der Waals surface area contributed by atoms with Crippen molar-refractivity contribution in [3.63, 3.8) is 0 Å². The van der Waals surface area contributed by atoms with Crippen molar-refractivity contribution in [1.82, 2.24) is 0 Å². The Morgan fingerprint density at radius 2 is 1.14 bits per heavy atom. The molecule has 2 aromatic carbocycles. The van der Waals surface area contributed by atoms with Crippen LogP contribution in [0.15, 0.2) is 48.5 Å². The van der Waals surface area contributed by atoms with Crippen LogP contribution < -0.4 is 0 Å². The lowest BCUT2D eigenvalue weighted by Crippen LogP contribution is -2.41. The molecule has 0 bridgehead atoms. The molecule has 1 unspecified atom stereocenters. The summed E-state index contributed by atoms with van der Waals surface area (Å²) in [6, 6.07) is 16.9. The van der Waals surface area contributed by atoms with Gasteiger partial charge in [-0.25, -0.2) is 0 Å². The van der Waals surface area contributed by atoms with E-state index in [2.05, 4.69) is 62.4 Å². The molecule has 2 saturated carbocycles. The standard InChI is InChI=1S/C33H42O4/c1-22(2)21-29(30-27-19-11-9-17-25(27)26-18-10-12-20-28(26)30)31(32(34)36-23-13-5-3-6-14-23)33(35)37-24-15-7-4-8-16-24/h9-12,17-20,22-24,29-31H,3-8,13-16,21H2,1-2H3. The topological polar surface area (TPSA) is 52.6 Å². The van der Waals surface area contributed by atoms with E-state index in [4.69, 9.17) is 9.47 Å². The van der Waals surface area contributed by atoms with E-state index in [1.165, 1.54) is 35.1 Å². The molecule has 0 N–H and O–H groups in total. The van der Waals surface area contributed by atoms with E-state index >= 15 is 0 Å². The zero-order valence-electron chi connectivity index (χ0n) is 22.5. The molecule has 0 radical (unpaired) electrons. The first-order valence-corrected chi connectivity index (χ1v) is 14.6. The van der Waals surface area contributed by atoms with Gasteiger partial charge in [-0.15, -0.1) is 0 Å². The molecule has 1 atom stereocenters. The average Bonchev–Trinajstić information content (AvgIpc) is 3.23. The lowest BCUT2D eigenvalue weighted by Gasteiger charge is -2.34. The third-order valence-electron chi connectivity index (χ3n) is 8.66. The van der Waals surface area contributed by atoms with Crippen molar-refractivity contribution in [2.75, 3.05) is 0 Å². The molecule has 0 spiro atoms. The Labute approximate surface area is 222 Å². The van der Waals surface area contributed by atoms with Gasteiger partial charge in [-0.05, 0) is 91.9 Å². The predicted octanol–water partition coefficient (Wildman–Crippen LogP) is 7.83. The van der Waals surface area contributed by atoms with Gasteiger partial charge in [0.15, 0.2) is 5.92 Å². The van der Waals surface area contributed by atoms with Crippen molar-refractivity contribution in [2.45, 2.75) is 103 Å². The first-order chi connectivity index (χ1) is 18.0. The summed E-state index contributed by atoms with van der Waals surface area (Å²) in [5.74, 6) is -1.62. The summed E-state index contributed by atoms with van der Waals surface area (Å²) in [6.45, 7) is 4.35. The van der Waals surface area contributed by atoms with Crippen molar-refractivity contribution in [1.29, 1.82) is 0 Å². The van der Waals surface area contributed by atoms with Gasteiger partial charge in [0.25, 0.3) is 0 Å². The number of ether oxygens (including phenoxy) is 2. The van der Waals surface area contributed by atoms with E-state index in [1.54, 1.807) is 0 Å². The van der Waals surface area contributed by atoms with Gasteiger partial charge in [-0.2, -0.15) is 0 Å². The molecule has 4 heteroatoms. The summed E-state index contributed by atoms with van der Waals surface area (Å²) in [6.07, 6.45) is 10.8. The molecule has 0 amide bonds. The summed E-state index contributed by atoms with van der Waals surface area (Å²) in [7, 11) is 0. The highest BCUT2D eigenvalue weighted by Crippen LogP contribution is 2.51. The quantitative estimate of drug-likeness (QED) is 0.273. The molecule has 0 heterocycles. The second-order valence-electron chi connectivity index (χ2n) is 11.8. The molecule has 0 aliphatic heterocycles. The van der Waals surface area contributed by atoms with E-state index < -0.39 is 5.92 Å². The minimum atomic E-state index is -0.921. The highest BCUT2D eigenvalue weighted by atomic mass is 16.6. The molecular weight excluding hydrogens is 460 g/mol. The summed E-state index contributed by atoms with van der Waals surface area (Å²) in [5, 5.41) is 0. The molecule has 2 aromatic rings. The fraction of sp³-hybridized carbons (Fsp3) is 0.576. The fourth-order valence-electron chi connectivity index (χ4n) is 6.95. The third kappa shape index (κ3) is 5.78. The number of carbonyl (C=O) groups is 2. The SMILES string of the molecule is CC(C)CC(C(C(=O)OC1CCCCC1)C(=O)OC1CCCCC1)C1c2ccccc2-c2ccccc21. The zero-order chi connectivity index (χ0) is 25.8. The Bertz CT molecular complexity index is 1000. The lowest BCUT2D eigenvalue weighted by molar-refractivity contribution is -0.173. The van der Waals surface area contributed by atoms with Crippen LogP contribution in [0.3, 0.4) is 0 Å². The minimum Gasteiger partial charge on any atom is -0.462 e. The summed E-state index contributed by atoms with van der Waals surface area (Å²) in [4.78, 5) is 28.0. The highest BCUT2D eigenvalue weighted by molar-refractivity contribution is 5.96. The van der Waals surface area contributed by atoms with Gasteiger partial charge < -0.3 is 9.47 Å². The zero-order valence-corrected chi connectivity index (χ0v) is 22.5. The van der Waals surface area contributed by atoms with Crippen LogP contribution >= 0.6 is 0 Å². The van der Waals surface area contributed by atoms with Gasteiger partial charge in [-0.1, -0.05) is 75.2 Å². The van der Waals surface area contributed by atoms with Crippen LogP contribution in [0.4, 0.5) is 0 Å². The first-order valence-electron chi connectivity index (χ1n) is 14.6. The first kappa shape index (κ1) is 26.0. The van der Waals surface area contributed by atoms with Gasteiger partial charge in [-0.3, -0.25) is 9.59 Å². The van der Waals surface area contributed by atoms with Crippen LogP contribution in [-0.2, 0) is 19.1 Å². The molecule has 5 rings (SSSR count). The van der Waals surface area contributed by atoms with Crippen LogP contribution in [0.5, 0.6) is 0 Å². The number of hydrogen-bond donors (Lipinski definition) is 0. The monoisotopic (exact) mass is 502 g/mol.